The van der Waals surface area contributed by atoms with Crippen molar-refractivity contribution >= 4 is 15.7 Å². The summed E-state index contributed by atoms with van der Waals surface area (Å²) < 4.78 is 65.1. The van der Waals surface area contributed by atoms with Gasteiger partial charge in [-0.05, 0) is 30.3 Å². The molecular formula is C12H8F3NO2S. The summed E-state index contributed by atoms with van der Waals surface area (Å²) in [6.45, 7) is 0. The zero-order valence-electron chi connectivity index (χ0n) is 9.40. The number of para-hydroxylation sites is 1. The minimum atomic E-state index is -4.25. The van der Waals surface area contributed by atoms with Crippen LogP contribution in [0.4, 0.5) is 18.9 Å². The van der Waals surface area contributed by atoms with E-state index >= 15 is 0 Å². The van der Waals surface area contributed by atoms with E-state index in [1.165, 1.54) is 6.07 Å². The average molecular weight is 287 g/mol. The van der Waals surface area contributed by atoms with Gasteiger partial charge in [-0.2, -0.15) is 0 Å². The lowest BCUT2D eigenvalue weighted by Crippen LogP contribution is -2.15. The van der Waals surface area contributed by atoms with Crippen LogP contribution < -0.4 is 4.72 Å². The van der Waals surface area contributed by atoms with Gasteiger partial charge in [-0.3, -0.25) is 4.72 Å². The van der Waals surface area contributed by atoms with E-state index in [0.29, 0.717) is 0 Å². The van der Waals surface area contributed by atoms with Gasteiger partial charge in [0, 0.05) is 0 Å². The SMILES string of the molecule is O=S(=O)(Nc1c(F)cccc1F)c1cccc(F)c1. The molecule has 0 aliphatic carbocycles. The summed E-state index contributed by atoms with van der Waals surface area (Å²) in [5.74, 6) is -2.88. The molecule has 0 heterocycles. The Morgan fingerprint density at radius 2 is 1.47 bits per heavy atom. The fraction of sp³-hybridized carbons (Fsp3) is 0. The van der Waals surface area contributed by atoms with Crippen LogP contribution in [0.25, 0.3) is 0 Å². The minimum Gasteiger partial charge on any atom is -0.274 e. The van der Waals surface area contributed by atoms with Crippen molar-refractivity contribution in [2.24, 2.45) is 0 Å². The van der Waals surface area contributed by atoms with Gasteiger partial charge in [0.05, 0.1) is 4.90 Å². The van der Waals surface area contributed by atoms with E-state index < -0.39 is 38.1 Å². The molecule has 0 aliphatic heterocycles. The van der Waals surface area contributed by atoms with Crippen molar-refractivity contribution < 1.29 is 21.6 Å². The Bertz CT molecular complexity index is 696. The lowest BCUT2D eigenvalue weighted by molar-refractivity contribution is 0.581. The summed E-state index contributed by atoms with van der Waals surface area (Å²) >= 11 is 0. The predicted octanol–water partition coefficient (Wildman–Crippen LogP) is 2.90. The maximum Gasteiger partial charge on any atom is 0.262 e. The highest BCUT2D eigenvalue weighted by Crippen LogP contribution is 2.22. The first-order valence-electron chi connectivity index (χ1n) is 5.12. The first-order valence-corrected chi connectivity index (χ1v) is 6.61. The molecule has 3 nitrogen and oxygen atoms in total. The van der Waals surface area contributed by atoms with E-state index in [4.69, 9.17) is 0 Å². The van der Waals surface area contributed by atoms with Gasteiger partial charge in [-0.1, -0.05) is 12.1 Å². The molecule has 2 aromatic rings. The number of nitrogens with one attached hydrogen (secondary N) is 1. The monoisotopic (exact) mass is 287 g/mol. The molecule has 0 amide bonds. The van der Waals surface area contributed by atoms with Gasteiger partial charge in [0.2, 0.25) is 0 Å². The van der Waals surface area contributed by atoms with Gasteiger partial charge in [-0.15, -0.1) is 0 Å². The molecule has 0 unspecified atom stereocenters. The number of sulfonamides is 1. The zero-order chi connectivity index (χ0) is 14.0. The molecule has 0 aromatic heterocycles. The van der Waals surface area contributed by atoms with Crippen LogP contribution >= 0.6 is 0 Å². The van der Waals surface area contributed by atoms with Gasteiger partial charge >= 0.3 is 0 Å². The third kappa shape index (κ3) is 2.87. The number of anilines is 1. The van der Waals surface area contributed by atoms with Crippen LogP contribution in [0, 0.1) is 17.5 Å². The summed E-state index contributed by atoms with van der Waals surface area (Å²) in [6.07, 6.45) is 0. The van der Waals surface area contributed by atoms with Crippen LogP contribution in [0.1, 0.15) is 0 Å². The molecule has 100 valence electrons. The molecule has 0 aliphatic rings. The highest BCUT2D eigenvalue weighted by molar-refractivity contribution is 7.92. The molecule has 0 atom stereocenters. The van der Waals surface area contributed by atoms with E-state index in [0.717, 1.165) is 36.4 Å². The van der Waals surface area contributed by atoms with E-state index in [2.05, 4.69) is 0 Å². The van der Waals surface area contributed by atoms with Crippen molar-refractivity contribution in [1.29, 1.82) is 0 Å². The average Bonchev–Trinajstić information content (AvgIpc) is 2.34. The first kappa shape index (κ1) is 13.4. The number of hydrogen-bond donors (Lipinski definition) is 1. The maximum atomic E-state index is 13.3. The second-order valence-electron chi connectivity index (χ2n) is 3.66. The third-order valence-electron chi connectivity index (χ3n) is 2.31. The molecule has 1 N–H and O–H groups in total. The molecule has 19 heavy (non-hydrogen) atoms. The van der Waals surface area contributed by atoms with Gasteiger partial charge in [0.25, 0.3) is 10.0 Å². The Morgan fingerprint density at radius 1 is 0.895 bits per heavy atom. The first-order chi connectivity index (χ1) is 8.90. The number of benzene rings is 2. The summed E-state index contributed by atoms with van der Waals surface area (Å²) in [6, 6.07) is 7.03. The molecule has 0 spiro atoms. The Morgan fingerprint density at radius 3 is 2.05 bits per heavy atom. The van der Waals surface area contributed by atoms with E-state index in [-0.39, 0.29) is 0 Å². The number of halogens is 3. The van der Waals surface area contributed by atoms with Gasteiger partial charge < -0.3 is 0 Å². The maximum absolute atomic E-state index is 13.3. The topological polar surface area (TPSA) is 46.2 Å². The van der Waals surface area contributed by atoms with Crippen LogP contribution in [-0.4, -0.2) is 8.42 Å². The molecule has 0 bridgehead atoms. The molecule has 0 saturated carbocycles. The highest BCUT2D eigenvalue weighted by Gasteiger charge is 2.19. The van der Waals surface area contributed by atoms with Crippen molar-refractivity contribution in [3.63, 3.8) is 0 Å². The van der Waals surface area contributed by atoms with Crippen molar-refractivity contribution in [3.05, 3.63) is 59.9 Å². The fourth-order valence-corrected chi connectivity index (χ4v) is 2.53. The van der Waals surface area contributed by atoms with E-state index in [1.807, 2.05) is 0 Å². The molecule has 0 fully saturated rings. The molecule has 7 heteroatoms. The van der Waals surface area contributed by atoms with Crippen molar-refractivity contribution in [2.75, 3.05) is 4.72 Å². The quantitative estimate of drug-likeness (QED) is 0.943. The third-order valence-corrected chi connectivity index (χ3v) is 3.65. The smallest absolute Gasteiger partial charge is 0.262 e. The summed E-state index contributed by atoms with van der Waals surface area (Å²) in [5.41, 5.74) is -0.799. The van der Waals surface area contributed by atoms with E-state index in [1.54, 1.807) is 4.72 Å². The predicted molar refractivity (Wildman–Crippen MR) is 63.6 cm³/mol. The zero-order valence-corrected chi connectivity index (χ0v) is 10.2. The molecular weight excluding hydrogens is 279 g/mol. The standard InChI is InChI=1S/C12H8F3NO2S/c13-8-3-1-4-9(7-8)19(17,18)16-12-10(14)5-2-6-11(12)15/h1-7,16H. The second-order valence-corrected chi connectivity index (χ2v) is 5.34. The van der Waals surface area contributed by atoms with Crippen LogP contribution in [0.3, 0.4) is 0 Å². The lowest BCUT2D eigenvalue weighted by atomic mass is 10.3. The number of rotatable bonds is 3. The Labute approximate surface area is 107 Å². The van der Waals surface area contributed by atoms with Crippen LogP contribution in [0.2, 0.25) is 0 Å². The Kier molecular flexibility index (Phi) is 3.48. The van der Waals surface area contributed by atoms with Crippen molar-refractivity contribution in [1.82, 2.24) is 0 Å². The molecule has 2 rings (SSSR count). The lowest BCUT2D eigenvalue weighted by Gasteiger charge is -2.09. The number of hydrogen-bond acceptors (Lipinski definition) is 2. The van der Waals surface area contributed by atoms with E-state index in [9.17, 15) is 21.6 Å². The normalized spacial score (nSPS) is 11.3. The summed E-state index contributed by atoms with van der Waals surface area (Å²) in [7, 11) is -4.25. The van der Waals surface area contributed by atoms with Crippen LogP contribution in [0.5, 0.6) is 0 Å². The van der Waals surface area contributed by atoms with Crippen LogP contribution in [0.15, 0.2) is 47.4 Å². The van der Waals surface area contributed by atoms with Crippen molar-refractivity contribution in [3.8, 4) is 0 Å². The minimum absolute atomic E-state index is 0.421. The van der Waals surface area contributed by atoms with Gasteiger partial charge in [-0.25, -0.2) is 21.6 Å². The molecule has 2 aromatic carbocycles. The largest absolute Gasteiger partial charge is 0.274 e. The Hall–Kier alpha value is -2.02. The molecule has 0 saturated heterocycles. The Balaban J connectivity index is 2.42. The van der Waals surface area contributed by atoms with Crippen molar-refractivity contribution in [2.45, 2.75) is 4.90 Å². The molecule has 0 radical (unpaired) electrons. The highest BCUT2D eigenvalue weighted by atomic mass is 32.2. The fourth-order valence-electron chi connectivity index (χ4n) is 1.42. The van der Waals surface area contributed by atoms with Gasteiger partial charge in [0.15, 0.2) is 0 Å². The summed E-state index contributed by atoms with van der Waals surface area (Å²) in [5, 5.41) is 0. The van der Waals surface area contributed by atoms with Crippen LogP contribution in [-0.2, 0) is 10.0 Å². The second kappa shape index (κ2) is 4.93. The van der Waals surface area contributed by atoms with Gasteiger partial charge in [0.1, 0.15) is 23.1 Å². The summed E-state index contributed by atoms with van der Waals surface area (Å²) in [4.78, 5) is -0.421.